The van der Waals surface area contributed by atoms with E-state index in [1.54, 1.807) is 19.1 Å². The highest BCUT2D eigenvalue weighted by molar-refractivity contribution is 5.80. The van der Waals surface area contributed by atoms with Gasteiger partial charge in [-0.05, 0) is 37.1 Å². The zero-order chi connectivity index (χ0) is 13.4. The molecule has 1 aliphatic rings. The van der Waals surface area contributed by atoms with E-state index in [0.29, 0.717) is 5.92 Å². The van der Waals surface area contributed by atoms with Crippen LogP contribution in [0.15, 0.2) is 24.3 Å². The Balaban J connectivity index is 1.89. The summed E-state index contributed by atoms with van der Waals surface area (Å²) in [7, 11) is 0. The summed E-state index contributed by atoms with van der Waals surface area (Å²) >= 11 is 0. The van der Waals surface area contributed by atoms with Gasteiger partial charge in [0.1, 0.15) is 5.82 Å². The second kappa shape index (κ2) is 4.68. The minimum Gasteiger partial charge on any atom is -0.358 e. The Morgan fingerprint density at radius 1 is 1.42 bits per heavy atom. The first-order chi connectivity index (χ1) is 9.13. The summed E-state index contributed by atoms with van der Waals surface area (Å²) in [6.07, 6.45) is 2.09. The maximum Gasteiger partial charge on any atom is 0.219 e. The highest BCUT2D eigenvalue weighted by Crippen LogP contribution is 2.29. The van der Waals surface area contributed by atoms with Crippen LogP contribution in [0.3, 0.4) is 0 Å². The number of likely N-dealkylation sites (tertiary alicyclic amines) is 1. The number of hydrogen-bond donors (Lipinski definition) is 1. The van der Waals surface area contributed by atoms with Crippen molar-refractivity contribution in [1.82, 2.24) is 9.88 Å². The van der Waals surface area contributed by atoms with E-state index in [4.69, 9.17) is 0 Å². The van der Waals surface area contributed by atoms with Gasteiger partial charge in [-0.2, -0.15) is 0 Å². The normalized spacial score (nSPS) is 19.9. The van der Waals surface area contributed by atoms with Crippen molar-refractivity contribution in [3.8, 4) is 0 Å². The lowest BCUT2D eigenvalue weighted by molar-refractivity contribution is -0.130. The average molecular weight is 260 g/mol. The van der Waals surface area contributed by atoms with Gasteiger partial charge in [-0.15, -0.1) is 0 Å². The monoisotopic (exact) mass is 260 g/mol. The third-order valence-corrected chi connectivity index (χ3v) is 3.91. The zero-order valence-electron chi connectivity index (χ0n) is 10.9. The fourth-order valence-corrected chi connectivity index (χ4v) is 2.86. The number of nitrogens with zero attached hydrogens (tertiary/aromatic N) is 1. The van der Waals surface area contributed by atoms with Crippen LogP contribution in [0.25, 0.3) is 10.9 Å². The molecule has 2 heterocycles. The number of aromatic nitrogens is 1. The highest BCUT2D eigenvalue weighted by atomic mass is 19.1. The number of H-pyrrole nitrogens is 1. The molecule has 1 amide bonds. The molecule has 0 spiro atoms. The van der Waals surface area contributed by atoms with Gasteiger partial charge in [-0.25, -0.2) is 4.39 Å². The Morgan fingerprint density at radius 3 is 3.05 bits per heavy atom. The van der Waals surface area contributed by atoms with Crippen LogP contribution in [0.4, 0.5) is 4.39 Å². The molecule has 1 saturated heterocycles. The van der Waals surface area contributed by atoms with E-state index in [2.05, 4.69) is 4.98 Å². The van der Waals surface area contributed by atoms with E-state index in [0.717, 1.165) is 42.5 Å². The summed E-state index contributed by atoms with van der Waals surface area (Å²) in [6, 6.07) is 6.78. The molecule has 1 unspecified atom stereocenters. The van der Waals surface area contributed by atoms with Crippen molar-refractivity contribution in [1.29, 1.82) is 0 Å². The van der Waals surface area contributed by atoms with Crippen molar-refractivity contribution < 1.29 is 9.18 Å². The molecule has 100 valence electrons. The van der Waals surface area contributed by atoms with Crippen LogP contribution in [0, 0.1) is 5.82 Å². The molecule has 1 aromatic carbocycles. The number of halogens is 1. The number of aromatic amines is 1. The molecule has 4 heteroatoms. The van der Waals surface area contributed by atoms with Crippen LogP contribution < -0.4 is 0 Å². The number of benzene rings is 1. The fraction of sp³-hybridized carbons (Fsp3) is 0.400. The SMILES string of the molecule is CC(=O)N1CCCC(c2cc3cc(F)ccc3[nH]2)C1. The standard InChI is InChI=1S/C15H17FN2O/c1-10(19)18-6-2-3-11(9-18)15-8-12-7-13(16)4-5-14(12)17-15/h4-5,7-8,11,17H,2-3,6,9H2,1H3. The van der Waals surface area contributed by atoms with E-state index in [9.17, 15) is 9.18 Å². The third-order valence-electron chi connectivity index (χ3n) is 3.91. The molecule has 0 saturated carbocycles. The molecular formula is C15H17FN2O. The molecule has 1 atom stereocenters. The molecule has 2 aromatic rings. The lowest BCUT2D eigenvalue weighted by Crippen LogP contribution is -2.37. The minimum absolute atomic E-state index is 0.131. The minimum atomic E-state index is -0.216. The Labute approximate surface area is 111 Å². The summed E-state index contributed by atoms with van der Waals surface area (Å²) in [5.74, 6) is 0.243. The maximum atomic E-state index is 13.2. The van der Waals surface area contributed by atoms with Gasteiger partial charge in [0.2, 0.25) is 5.91 Å². The molecule has 3 nitrogen and oxygen atoms in total. The first-order valence-corrected chi connectivity index (χ1v) is 6.67. The fourth-order valence-electron chi connectivity index (χ4n) is 2.86. The zero-order valence-corrected chi connectivity index (χ0v) is 10.9. The maximum absolute atomic E-state index is 13.2. The quantitative estimate of drug-likeness (QED) is 0.840. The molecule has 0 radical (unpaired) electrons. The van der Waals surface area contributed by atoms with Crippen molar-refractivity contribution in [2.24, 2.45) is 0 Å². The molecule has 1 N–H and O–H groups in total. The molecule has 0 aliphatic carbocycles. The summed E-state index contributed by atoms with van der Waals surface area (Å²) < 4.78 is 13.2. The largest absolute Gasteiger partial charge is 0.358 e. The van der Waals surface area contributed by atoms with Crippen LogP contribution in [-0.2, 0) is 4.79 Å². The Kier molecular flexibility index (Phi) is 3.01. The van der Waals surface area contributed by atoms with E-state index in [-0.39, 0.29) is 11.7 Å². The number of rotatable bonds is 1. The van der Waals surface area contributed by atoms with Gasteiger partial charge in [0.15, 0.2) is 0 Å². The first kappa shape index (κ1) is 12.2. The molecule has 3 rings (SSSR count). The number of nitrogens with one attached hydrogen (secondary N) is 1. The second-order valence-corrected chi connectivity index (χ2v) is 5.26. The number of hydrogen-bond acceptors (Lipinski definition) is 1. The summed E-state index contributed by atoms with van der Waals surface area (Å²) in [5.41, 5.74) is 2.06. The highest BCUT2D eigenvalue weighted by Gasteiger charge is 2.23. The van der Waals surface area contributed by atoms with Crippen molar-refractivity contribution in [3.63, 3.8) is 0 Å². The van der Waals surface area contributed by atoms with E-state index < -0.39 is 0 Å². The van der Waals surface area contributed by atoms with Gasteiger partial charge < -0.3 is 9.88 Å². The Morgan fingerprint density at radius 2 is 2.26 bits per heavy atom. The lowest BCUT2D eigenvalue weighted by Gasteiger charge is -2.31. The molecule has 1 aromatic heterocycles. The van der Waals surface area contributed by atoms with E-state index in [1.807, 2.05) is 11.0 Å². The van der Waals surface area contributed by atoms with Crippen molar-refractivity contribution in [2.75, 3.05) is 13.1 Å². The van der Waals surface area contributed by atoms with Crippen LogP contribution in [0.5, 0.6) is 0 Å². The topological polar surface area (TPSA) is 36.1 Å². The molecule has 1 fully saturated rings. The second-order valence-electron chi connectivity index (χ2n) is 5.26. The molecular weight excluding hydrogens is 243 g/mol. The van der Waals surface area contributed by atoms with Crippen molar-refractivity contribution >= 4 is 16.8 Å². The number of carbonyl (C=O) groups excluding carboxylic acids is 1. The van der Waals surface area contributed by atoms with Crippen LogP contribution >= 0.6 is 0 Å². The lowest BCUT2D eigenvalue weighted by atomic mass is 9.95. The molecule has 1 aliphatic heterocycles. The van der Waals surface area contributed by atoms with Gasteiger partial charge >= 0.3 is 0 Å². The first-order valence-electron chi connectivity index (χ1n) is 6.67. The van der Waals surface area contributed by atoms with Crippen molar-refractivity contribution in [2.45, 2.75) is 25.7 Å². The number of piperidine rings is 1. The van der Waals surface area contributed by atoms with Gasteiger partial charge in [0, 0.05) is 42.5 Å². The van der Waals surface area contributed by atoms with E-state index in [1.165, 1.54) is 6.07 Å². The summed E-state index contributed by atoms with van der Waals surface area (Å²) in [4.78, 5) is 16.7. The molecule has 0 bridgehead atoms. The average Bonchev–Trinajstić information content (AvgIpc) is 2.81. The molecule has 19 heavy (non-hydrogen) atoms. The predicted octanol–water partition coefficient (Wildman–Crippen LogP) is 3.03. The van der Waals surface area contributed by atoms with Crippen LogP contribution in [0.2, 0.25) is 0 Å². The predicted molar refractivity (Wildman–Crippen MR) is 72.5 cm³/mol. The van der Waals surface area contributed by atoms with Crippen molar-refractivity contribution in [3.05, 3.63) is 35.8 Å². The van der Waals surface area contributed by atoms with Crippen LogP contribution in [-0.4, -0.2) is 28.9 Å². The third kappa shape index (κ3) is 2.35. The smallest absolute Gasteiger partial charge is 0.219 e. The summed E-state index contributed by atoms with van der Waals surface area (Å²) in [5, 5.41) is 0.898. The number of fused-ring (bicyclic) bond motifs is 1. The number of carbonyl (C=O) groups is 1. The Bertz CT molecular complexity index is 620. The van der Waals surface area contributed by atoms with E-state index >= 15 is 0 Å². The van der Waals surface area contributed by atoms with Gasteiger partial charge in [-0.3, -0.25) is 4.79 Å². The summed E-state index contributed by atoms with van der Waals surface area (Å²) in [6.45, 7) is 3.22. The van der Waals surface area contributed by atoms with Gasteiger partial charge in [0.05, 0.1) is 0 Å². The Hall–Kier alpha value is -1.84. The van der Waals surface area contributed by atoms with Crippen LogP contribution in [0.1, 0.15) is 31.4 Å². The van der Waals surface area contributed by atoms with Gasteiger partial charge in [0.25, 0.3) is 0 Å². The van der Waals surface area contributed by atoms with Gasteiger partial charge in [-0.1, -0.05) is 0 Å². The number of amides is 1.